The van der Waals surface area contributed by atoms with Crippen LogP contribution in [0.15, 0.2) is 24.3 Å². The van der Waals surface area contributed by atoms with Crippen LogP contribution in [0.25, 0.3) is 0 Å². The molecule has 0 N–H and O–H groups in total. The van der Waals surface area contributed by atoms with E-state index in [0.29, 0.717) is 5.78 Å². The molecule has 1 heterocycles. The second kappa shape index (κ2) is 5.57. The van der Waals surface area contributed by atoms with Gasteiger partial charge in [-0.1, -0.05) is 25.0 Å². The molecule has 0 unspecified atom stereocenters. The van der Waals surface area contributed by atoms with E-state index in [2.05, 4.69) is 4.90 Å². The van der Waals surface area contributed by atoms with E-state index in [1.54, 1.807) is 7.11 Å². The van der Waals surface area contributed by atoms with Crippen molar-refractivity contribution in [2.24, 2.45) is 0 Å². The number of hydrogen-bond donors (Lipinski definition) is 0. The van der Waals surface area contributed by atoms with E-state index in [-0.39, 0.29) is 5.54 Å². The molecule has 0 radical (unpaired) electrons. The Balaban J connectivity index is 1.92. The van der Waals surface area contributed by atoms with Gasteiger partial charge in [0.25, 0.3) is 0 Å². The fourth-order valence-corrected chi connectivity index (χ4v) is 3.82. The number of hydrogen-bond acceptors (Lipinski definition) is 3. The van der Waals surface area contributed by atoms with Gasteiger partial charge in [0.05, 0.1) is 12.6 Å². The van der Waals surface area contributed by atoms with Gasteiger partial charge in [-0.05, 0) is 50.9 Å². The summed E-state index contributed by atoms with van der Waals surface area (Å²) >= 11 is 0. The van der Waals surface area contributed by atoms with E-state index in [1.165, 1.54) is 25.7 Å². The molecule has 0 atom stereocenters. The Morgan fingerprint density at radius 1 is 1.15 bits per heavy atom. The van der Waals surface area contributed by atoms with Gasteiger partial charge < -0.3 is 4.74 Å². The molecular weight excluding hydrogens is 250 g/mol. The largest absolute Gasteiger partial charge is 0.497 e. The molecule has 0 spiro atoms. The third kappa shape index (κ3) is 2.24. The quantitative estimate of drug-likeness (QED) is 0.788. The fourth-order valence-electron chi connectivity index (χ4n) is 3.82. The number of ether oxygens (including phenoxy) is 1. The van der Waals surface area contributed by atoms with Gasteiger partial charge in [-0.15, -0.1) is 0 Å². The van der Waals surface area contributed by atoms with Gasteiger partial charge in [-0.25, -0.2) is 0 Å². The molecule has 0 aromatic heterocycles. The van der Waals surface area contributed by atoms with E-state index in [1.807, 2.05) is 24.3 Å². The molecule has 2 fully saturated rings. The summed E-state index contributed by atoms with van der Waals surface area (Å²) in [6.45, 7) is 2.16. The molecule has 1 aliphatic heterocycles. The van der Waals surface area contributed by atoms with Crippen molar-refractivity contribution in [2.45, 2.75) is 44.1 Å². The number of benzene rings is 1. The topological polar surface area (TPSA) is 29.5 Å². The first-order valence-electron chi connectivity index (χ1n) is 7.70. The number of methoxy groups -OCH3 is 1. The first-order valence-corrected chi connectivity index (χ1v) is 7.70. The SMILES string of the molecule is COc1cccc(C(=O)C2(N3CCCC3)CCCC2)c1. The highest BCUT2D eigenvalue weighted by molar-refractivity contribution is 6.03. The highest BCUT2D eigenvalue weighted by Crippen LogP contribution is 2.40. The van der Waals surface area contributed by atoms with Gasteiger partial charge in [0.2, 0.25) is 0 Å². The molecule has 2 aliphatic rings. The molecule has 1 aromatic rings. The van der Waals surface area contributed by atoms with E-state index in [4.69, 9.17) is 4.74 Å². The summed E-state index contributed by atoms with van der Waals surface area (Å²) in [5.74, 6) is 1.07. The number of carbonyl (C=O) groups is 1. The number of Topliss-reactive ketones (excluding diaryl/α,β-unsaturated/α-hetero) is 1. The van der Waals surface area contributed by atoms with Crippen LogP contribution in [0.3, 0.4) is 0 Å². The summed E-state index contributed by atoms with van der Waals surface area (Å²) in [4.78, 5) is 15.6. The van der Waals surface area contributed by atoms with Crippen molar-refractivity contribution in [1.29, 1.82) is 0 Å². The summed E-state index contributed by atoms with van der Waals surface area (Å²) in [6.07, 6.45) is 6.84. The molecular formula is C17H23NO2. The maximum atomic E-state index is 13.1. The Labute approximate surface area is 120 Å². The summed E-state index contributed by atoms with van der Waals surface area (Å²) in [5.41, 5.74) is 0.571. The minimum absolute atomic E-state index is 0.233. The second-order valence-electron chi connectivity index (χ2n) is 5.99. The van der Waals surface area contributed by atoms with Crippen LogP contribution >= 0.6 is 0 Å². The molecule has 1 saturated carbocycles. The van der Waals surface area contributed by atoms with Crippen molar-refractivity contribution >= 4 is 5.78 Å². The maximum absolute atomic E-state index is 13.1. The van der Waals surface area contributed by atoms with Gasteiger partial charge in [-0.2, -0.15) is 0 Å². The van der Waals surface area contributed by atoms with Crippen molar-refractivity contribution in [2.75, 3.05) is 20.2 Å². The lowest BCUT2D eigenvalue weighted by molar-refractivity contribution is 0.0626. The van der Waals surface area contributed by atoms with Crippen molar-refractivity contribution in [3.05, 3.63) is 29.8 Å². The Kier molecular flexibility index (Phi) is 3.79. The average Bonchev–Trinajstić information content (AvgIpc) is 3.18. The van der Waals surface area contributed by atoms with Gasteiger partial charge >= 0.3 is 0 Å². The van der Waals surface area contributed by atoms with Crippen molar-refractivity contribution < 1.29 is 9.53 Å². The normalized spacial score (nSPS) is 22.1. The maximum Gasteiger partial charge on any atom is 0.183 e. The second-order valence-corrected chi connectivity index (χ2v) is 5.99. The molecule has 3 nitrogen and oxygen atoms in total. The third-order valence-corrected chi connectivity index (χ3v) is 4.90. The van der Waals surface area contributed by atoms with Crippen LogP contribution in [-0.4, -0.2) is 36.4 Å². The number of carbonyl (C=O) groups excluding carboxylic acids is 1. The average molecular weight is 273 g/mol. The van der Waals surface area contributed by atoms with Crippen LogP contribution in [-0.2, 0) is 0 Å². The zero-order valence-electron chi connectivity index (χ0n) is 12.2. The van der Waals surface area contributed by atoms with E-state index in [9.17, 15) is 4.79 Å². The monoisotopic (exact) mass is 273 g/mol. The molecule has 1 saturated heterocycles. The standard InChI is InChI=1S/C17H23NO2/c1-20-15-8-6-7-14(13-15)16(19)17(9-2-3-10-17)18-11-4-5-12-18/h6-8,13H,2-5,9-12H2,1H3. The Bertz CT molecular complexity index is 486. The van der Waals surface area contributed by atoms with Crippen LogP contribution < -0.4 is 4.74 Å². The lowest BCUT2D eigenvalue weighted by Crippen LogP contribution is -2.51. The number of rotatable bonds is 4. The predicted molar refractivity (Wildman–Crippen MR) is 79.3 cm³/mol. The van der Waals surface area contributed by atoms with Crippen molar-refractivity contribution in [1.82, 2.24) is 4.90 Å². The van der Waals surface area contributed by atoms with Crippen LogP contribution in [0.4, 0.5) is 0 Å². The van der Waals surface area contributed by atoms with Crippen LogP contribution in [0, 0.1) is 0 Å². The summed E-state index contributed by atoms with van der Waals surface area (Å²) < 4.78 is 5.26. The molecule has 3 rings (SSSR count). The smallest absolute Gasteiger partial charge is 0.183 e. The van der Waals surface area contributed by atoms with Gasteiger partial charge in [0.1, 0.15) is 5.75 Å². The Hall–Kier alpha value is -1.35. The highest BCUT2D eigenvalue weighted by atomic mass is 16.5. The van der Waals surface area contributed by atoms with Gasteiger partial charge in [0.15, 0.2) is 5.78 Å². The van der Waals surface area contributed by atoms with Gasteiger partial charge in [0, 0.05) is 5.56 Å². The minimum atomic E-state index is -0.233. The fraction of sp³-hybridized carbons (Fsp3) is 0.588. The van der Waals surface area contributed by atoms with Crippen molar-refractivity contribution in [3.8, 4) is 5.75 Å². The molecule has 1 aromatic carbocycles. The first-order chi connectivity index (χ1) is 9.76. The summed E-state index contributed by atoms with van der Waals surface area (Å²) in [5, 5.41) is 0. The zero-order chi connectivity index (χ0) is 14.0. The van der Waals surface area contributed by atoms with E-state index < -0.39 is 0 Å². The Morgan fingerprint density at radius 3 is 2.50 bits per heavy atom. The predicted octanol–water partition coefficient (Wildman–Crippen LogP) is 3.29. The Morgan fingerprint density at radius 2 is 1.85 bits per heavy atom. The van der Waals surface area contributed by atoms with Crippen LogP contribution in [0.2, 0.25) is 0 Å². The van der Waals surface area contributed by atoms with Crippen LogP contribution in [0.1, 0.15) is 48.9 Å². The molecule has 1 aliphatic carbocycles. The van der Waals surface area contributed by atoms with Crippen molar-refractivity contribution in [3.63, 3.8) is 0 Å². The summed E-state index contributed by atoms with van der Waals surface area (Å²) in [7, 11) is 1.65. The highest BCUT2D eigenvalue weighted by Gasteiger charge is 2.46. The molecule has 0 bridgehead atoms. The molecule has 3 heteroatoms. The van der Waals surface area contributed by atoms with E-state index >= 15 is 0 Å². The molecule has 0 amide bonds. The number of ketones is 1. The third-order valence-electron chi connectivity index (χ3n) is 4.90. The van der Waals surface area contributed by atoms with Crippen LogP contribution in [0.5, 0.6) is 5.75 Å². The lowest BCUT2D eigenvalue weighted by atomic mass is 9.86. The van der Waals surface area contributed by atoms with E-state index in [0.717, 1.165) is 37.2 Å². The molecule has 20 heavy (non-hydrogen) atoms. The summed E-state index contributed by atoms with van der Waals surface area (Å²) in [6, 6.07) is 7.63. The number of likely N-dealkylation sites (tertiary alicyclic amines) is 1. The van der Waals surface area contributed by atoms with Gasteiger partial charge in [-0.3, -0.25) is 9.69 Å². The zero-order valence-corrected chi connectivity index (χ0v) is 12.2. The lowest BCUT2D eigenvalue weighted by Gasteiger charge is -2.37. The number of nitrogens with zero attached hydrogens (tertiary/aromatic N) is 1. The minimum Gasteiger partial charge on any atom is -0.497 e. The first kappa shape index (κ1) is 13.6. The molecule has 108 valence electrons.